The number of nitrogen functional groups attached to an aromatic ring is 1. The largest absolute Gasteiger partial charge is 0.478 e. The number of rotatable bonds is 9. The summed E-state index contributed by atoms with van der Waals surface area (Å²) >= 11 is 0. The molecule has 0 radical (unpaired) electrons. The molecule has 0 unspecified atom stereocenters. The van der Waals surface area contributed by atoms with Crippen molar-refractivity contribution in [1.82, 2.24) is 0 Å². The number of nitrogens with two attached hydrogens (primary N) is 1. The molecule has 0 aromatic heterocycles. The van der Waals surface area contributed by atoms with Crippen LogP contribution in [0.3, 0.4) is 0 Å². The molecule has 0 spiro atoms. The molecule has 190 valence electrons. The van der Waals surface area contributed by atoms with Gasteiger partial charge in [0.05, 0.1) is 0 Å². The highest BCUT2D eigenvalue weighted by molar-refractivity contribution is 6.01. The van der Waals surface area contributed by atoms with Crippen LogP contribution in [-0.2, 0) is 4.79 Å². The van der Waals surface area contributed by atoms with Gasteiger partial charge in [0, 0.05) is 23.5 Å². The summed E-state index contributed by atoms with van der Waals surface area (Å²) in [6.45, 7) is 4.20. The van der Waals surface area contributed by atoms with Gasteiger partial charge in [-0.25, -0.2) is 4.79 Å². The summed E-state index contributed by atoms with van der Waals surface area (Å²) in [7, 11) is 0. The molecule has 0 aliphatic rings. The van der Waals surface area contributed by atoms with Gasteiger partial charge >= 0.3 is 5.97 Å². The van der Waals surface area contributed by atoms with Gasteiger partial charge in [-0.05, 0) is 94.8 Å². The van der Waals surface area contributed by atoms with E-state index in [9.17, 15) is 4.79 Å². The van der Waals surface area contributed by atoms with E-state index in [1.165, 1.54) is 6.21 Å². The maximum absolute atomic E-state index is 10.9. The first-order chi connectivity index (χ1) is 18.4. The summed E-state index contributed by atoms with van der Waals surface area (Å²) in [6, 6.07) is 29.4. The minimum absolute atomic E-state index is 0.550. The predicted octanol–water partition coefficient (Wildman–Crippen LogP) is 7.83. The third kappa shape index (κ3) is 6.08. The highest BCUT2D eigenvalue weighted by Gasteiger charge is 2.16. The minimum atomic E-state index is -0.987. The topological polar surface area (TPSA) is 96.4 Å². The quantitative estimate of drug-likeness (QED) is 0.0940. The number of aliphatic carboxylic acids is 1. The molecule has 5 heteroatoms. The summed E-state index contributed by atoms with van der Waals surface area (Å²) in [5.41, 5.74) is 14.4. The van der Waals surface area contributed by atoms with Crippen LogP contribution in [0.4, 0.5) is 5.69 Å². The standard InChI is InChI=1S/C33H30N2O3/c1-3-29(30-16-15-28(19-22(30)2)38-27-7-5-4-6-8-27)33(25-14-17-31(35)26(20-25)21-34)24-12-9-23(10-13-24)11-18-32(36)37/h4-21,34H,3,35H2,1-2H3,(H,36,37)/b18-11+,33-29+,34-21?. The van der Waals surface area contributed by atoms with E-state index in [4.69, 9.17) is 21.0 Å². The zero-order valence-corrected chi connectivity index (χ0v) is 21.4. The van der Waals surface area contributed by atoms with Crippen molar-refractivity contribution in [2.75, 3.05) is 5.73 Å². The Morgan fingerprint density at radius 2 is 1.63 bits per heavy atom. The zero-order chi connectivity index (χ0) is 27.1. The molecule has 0 aliphatic carbocycles. The molecule has 4 rings (SSSR count). The van der Waals surface area contributed by atoms with Gasteiger partial charge < -0.3 is 21.0 Å². The molecule has 0 heterocycles. The van der Waals surface area contributed by atoms with Crippen molar-refractivity contribution >= 4 is 35.1 Å². The van der Waals surface area contributed by atoms with Crippen molar-refractivity contribution in [3.8, 4) is 11.5 Å². The van der Waals surface area contributed by atoms with Crippen LogP contribution in [0, 0.1) is 12.3 Å². The van der Waals surface area contributed by atoms with Crippen LogP contribution in [0.1, 0.15) is 46.7 Å². The molecule has 4 N–H and O–H groups in total. The van der Waals surface area contributed by atoms with E-state index in [0.717, 1.165) is 63.0 Å². The first-order valence-electron chi connectivity index (χ1n) is 12.4. The van der Waals surface area contributed by atoms with Crippen molar-refractivity contribution < 1.29 is 14.6 Å². The van der Waals surface area contributed by atoms with Crippen LogP contribution < -0.4 is 10.5 Å². The Balaban J connectivity index is 1.85. The predicted molar refractivity (Wildman–Crippen MR) is 156 cm³/mol. The zero-order valence-electron chi connectivity index (χ0n) is 21.4. The third-order valence-electron chi connectivity index (χ3n) is 6.31. The maximum Gasteiger partial charge on any atom is 0.328 e. The SMILES string of the molecule is CC/C(=C(/c1ccc(/C=C/C(=O)O)cc1)c1ccc(N)c(C=N)c1)c1ccc(Oc2ccccc2)cc1C. The number of carbonyl (C=O) groups is 1. The number of para-hydroxylation sites is 1. The Morgan fingerprint density at radius 1 is 0.921 bits per heavy atom. The fraction of sp³-hybridized carbons (Fsp3) is 0.0909. The summed E-state index contributed by atoms with van der Waals surface area (Å²) in [5, 5.41) is 16.8. The van der Waals surface area contributed by atoms with Crippen molar-refractivity contribution in [1.29, 1.82) is 5.41 Å². The second-order valence-corrected chi connectivity index (χ2v) is 8.88. The molecule has 0 fully saturated rings. The molecule has 4 aromatic rings. The lowest BCUT2D eigenvalue weighted by Gasteiger charge is -2.19. The van der Waals surface area contributed by atoms with E-state index < -0.39 is 5.97 Å². The Kier molecular flexibility index (Phi) is 8.19. The minimum Gasteiger partial charge on any atom is -0.478 e. The van der Waals surface area contributed by atoms with E-state index >= 15 is 0 Å². The Morgan fingerprint density at radius 3 is 2.26 bits per heavy atom. The molecule has 0 bridgehead atoms. The molecule has 5 nitrogen and oxygen atoms in total. The second kappa shape index (κ2) is 11.9. The van der Waals surface area contributed by atoms with Gasteiger partial charge in [0.2, 0.25) is 0 Å². The van der Waals surface area contributed by atoms with Gasteiger partial charge in [-0.1, -0.05) is 61.5 Å². The number of hydrogen-bond donors (Lipinski definition) is 3. The van der Waals surface area contributed by atoms with Crippen molar-refractivity contribution in [2.24, 2.45) is 0 Å². The smallest absolute Gasteiger partial charge is 0.328 e. The van der Waals surface area contributed by atoms with Gasteiger partial charge in [-0.15, -0.1) is 0 Å². The lowest BCUT2D eigenvalue weighted by Crippen LogP contribution is -2.00. The van der Waals surface area contributed by atoms with E-state index in [-0.39, 0.29) is 0 Å². The molecule has 0 saturated heterocycles. The van der Waals surface area contributed by atoms with E-state index in [1.807, 2.05) is 84.9 Å². The van der Waals surface area contributed by atoms with Gasteiger partial charge in [0.25, 0.3) is 0 Å². The molecule has 0 amide bonds. The van der Waals surface area contributed by atoms with Gasteiger partial charge in [0.15, 0.2) is 0 Å². The van der Waals surface area contributed by atoms with Crippen molar-refractivity contribution in [2.45, 2.75) is 20.3 Å². The van der Waals surface area contributed by atoms with E-state index in [0.29, 0.717) is 11.3 Å². The number of carboxylic acid groups (broad SMARTS) is 1. The first-order valence-corrected chi connectivity index (χ1v) is 12.4. The summed E-state index contributed by atoms with van der Waals surface area (Å²) in [4.78, 5) is 10.9. The number of nitrogens with one attached hydrogen (secondary N) is 1. The Labute approximate surface area is 223 Å². The molecular formula is C33H30N2O3. The van der Waals surface area contributed by atoms with Gasteiger partial charge in [-0.3, -0.25) is 0 Å². The number of allylic oxidation sites excluding steroid dienone is 1. The average molecular weight is 503 g/mol. The Bertz CT molecular complexity index is 1520. The second-order valence-electron chi connectivity index (χ2n) is 8.88. The number of hydrogen-bond acceptors (Lipinski definition) is 4. The van der Waals surface area contributed by atoms with Gasteiger partial charge in [0.1, 0.15) is 11.5 Å². The molecule has 4 aromatic carbocycles. The van der Waals surface area contributed by atoms with Crippen LogP contribution in [0.15, 0.2) is 97.1 Å². The Hall–Kier alpha value is -4.90. The average Bonchev–Trinajstić information content (AvgIpc) is 2.92. The number of ether oxygens (including phenoxy) is 1. The maximum atomic E-state index is 10.9. The number of anilines is 1. The lowest BCUT2D eigenvalue weighted by molar-refractivity contribution is -0.131. The number of benzene rings is 4. The summed E-state index contributed by atoms with van der Waals surface area (Å²) in [5.74, 6) is 0.562. The van der Waals surface area contributed by atoms with Crippen LogP contribution >= 0.6 is 0 Å². The highest BCUT2D eigenvalue weighted by atomic mass is 16.5. The fourth-order valence-corrected chi connectivity index (χ4v) is 4.46. The summed E-state index contributed by atoms with van der Waals surface area (Å²) in [6.07, 6.45) is 4.73. The van der Waals surface area contributed by atoms with Gasteiger partial charge in [-0.2, -0.15) is 0 Å². The van der Waals surface area contributed by atoms with Crippen LogP contribution in [0.5, 0.6) is 11.5 Å². The summed E-state index contributed by atoms with van der Waals surface area (Å²) < 4.78 is 6.05. The van der Waals surface area contributed by atoms with Crippen molar-refractivity contribution in [3.05, 3.63) is 130 Å². The van der Waals surface area contributed by atoms with Crippen molar-refractivity contribution in [3.63, 3.8) is 0 Å². The van der Waals surface area contributed by atoms with Crippen LogP contribution in [-0.4, -0.2) is 17.3 Å². The molecule has 0 atom stereocenters. The number of aryl methyl sites for hydroxylation is 1. The highest BCUT2D eigenvalue weighted by Crippen LogP contribution is 2.38. The van der Waals surface area contributed by atoms with E-state index in [1.54, 1.807) is 6.08 Å². The molecule has 0 aliphatic heterocycles. The third-order valence-corrected chi connectivity index (χ3v) is 6.31. The van der Waals surface area contributed by atoms with E-state index in [2.05, 4.69) is 19.9 Å². The van der Waals surface area contributed by atoms with Crippen LogP contribution in [0.2, 0.25) is 0 Å². The lowest BCUT2D eigenvalue weighted by atomic mass is 9.85. The number of carboxylic acids is 1. The monoisotopic (exact) mass is 502 g/mol. The first kappa shape index (κ1) is 26.2. The molecule has 0 saturated carbocycles. The normalized spacial score (nSPS) is 11.7. The molecule has 38 heavy (non-hydrogen) atoms. The molecular weight excluding hydrogens is 472 g/mol. The fourth-order valence-electron chi connectivity index (χ4n) is 4.46. The van der Waals surface area contributed by atoms with Crippen LogP contribution in [0.25, 0.3) is 17.2 Å².